The van der Waals surface area contributed by atoms with Crippen LogP contribution in [0.4, 0.5) is 4.39 Å². The van der Waals surface area contributed by atoms with Crippen molar-refractivity contribution < 1.29 is 12.8 Å². The molecule has 1 aromatic rings. The summed E-state index contributed by atoms with van der Waals surface area (Å²) in [5.41, 5.74) is 0.793. The van der Waals surface area contributed by atoms with E-state index in [2.05, 4.69) is 10.0 Å². The molecule has 0 heterocycles. The molecule has 0 aromatic heterocycles. The first-order valence-electron chi connectivity index (χ1n) is 7.33. The maximum atomic E-state index is 14.0. The van der Waals surface area contributed by atoms with Gasteiger partial charge in [-0.3, -0.25) is 0 Å². The Balaban J connectivity index is 3.10. The van der Waals surface area contributed by atoms with E-state index in [0.717, 1.165) is 13.0 Å². The number of sulfonamides is 1. The summed E-state index contributed by atoms with van der Waals surface area (Å²) in [4.78, 5) is 0.0242. The van der Waals surface area contributed by atoms with Crippen LogP contribution in [0.2, 0.25) is 0 Å². The monoisotopic (exact) mass is 316 g/mol. The van der Waals surface area contributed by atoms with E-state index in [1.165, 1.54) is 13.0 Å². The number of hydrogen-bond donors (Lipinski definition) is 2. The Labute approximate surface area is 127 Å². The average Bonchev–Trinajstić information content (AvgIpc) is 2.42. The van der Waals surface area contributed by atoms with Crippen LogP contribution in [-0.4, -0.2) is 21.0 Å². The summed E-state index contributed by atoms with van der Waals surface area (Å²) < 4.78 is 41.3. The first kappa shape index (κ1) is 18.1. The standard InChI is InChI=1S/C15H25FN2O2S/c1-5-7-17-10-13-8-14(16)12(4)15(9-13)21(19,20)18-11(3)6-2/h8-9,11,17-18H,5-7,10H2,1-4H3. The van der Waals surface area contributed by atoms with Gasteiger partial charge in [-0.05, 0) is 50.9 Å². The third-order valence-electron chi connectivity index (χ3n) is 3.37. The number of rotatable bonds is 8. The molecular formula is C15H25FN2O2S. The van der Waals surface area contributed by atoms with Crippen molar-refractivity contribution in [3.05, 3.63) is 29.1 Å². The number of benzene rings is 1. The van der Waals surface area contributed by atoms with E-state index in [1.54, 1.807) is 13.0 Å². The van der Waals surface area contributed by atoms with Gasteiger partial charge in [0.2, 0.25) is 10.0 Å². The molecule has 2 N–H and O–H groups in total. The second-order valence-corrected chi connectivity index (χ2v) is 6.99. The van der Waals surface area contributed by atoms with Gasteiger partial charge in [0.15, 0.2) is 0 Å². The zero-order chi connectivity index (χ0) is 16.0. The molecule has 0 spiro atoms. The van der Waals surface area contributed by atoms with Gasteiger partial charge in [-0.1, -0.05) is 13.8 Å². The van der Waals surface area contributed by atoms with Crippen molar-refractivity contribution in [2.45, 2.75) is 58.0 Å². The van der Waals surface area contributed by atoms with Gasteiger partial charge in [-0.15, -0.1) is 0 Å². The second-order valence-electron chi connectivity index (χ2n) is 5.31. The molecule has 4 nitrogen and oxygen atoms in total. The molecule has 6 heteroatoms. The maximum Gasteiger partial charge on any atom is 0.241 e. The molecule has 0 saturated heterocycles. The molecule has 0 amide bonds. The molecule has 1 aromatic carbocycles. The first-order chi connectivity index (χ1) is 9.81. The van der Waals surface area contributed by atoms with Crippen molar-refractivity contribution in [3.63, 3.8) is 0 Å². The Morgan fingerprint density at radius 1 is 1.29 bits per heavy atom. The van der Waals surface area contributed by atoms with Gasteiger partial charge in [-0.25, -0.2) is 17.5 Å². The van der Waals surface area contributed by atoms with E-state index in [4.69, 9.17) is 0 Å². The summed E-state index contributed by atoms with van der Waals surface area (Å²) in [6, 6.07) is 2.76. The normalized spacial score (nSPS) is 13.4. The first-order valence-corrected chi connectivity index (χ1v) is 8.82. The third kappa shape index (κ3) is 5.05. The molecule has 21 heavy (non-hydrogen) atoms. The van der Waals surface area contributed by atoms with Crippen molar-refractivity contribution in [2.24, 2.45) is 0 Å². The summed E-state index contributed by atoms with van der Waals surface area (Å²) in [5, 5.41) is 3.15. The summed E-state index contributed by atoms with van der Waals surface area (Å²) in [7, 11) is -3.70. The van der Waals surface area contributed by atoms with E-state index in [0.29, 0.717) is 18.5 Å². The van der Waals surface area contributed by atoms with E-state index >= 15 is 0 Å². The number of hydrogen-bond acceptors (Lipinski definition) is 3. The fourth-order valence-corrected chi connectivity index (χ4v) is 3.54. The maximum absolute atomic E-state index is 14.0. The lowest BCUT2D eigenvalue weighted by molar-refractivity contribution is 0.550. The smallest absolute Gasteiger partial charge is 0.241 e. The van der Waals surface area contributed by atoms with E-state index < -0.39 is 15.8 Å². The van der Waals surface area contributed by atoms with Gasteiger partial charge in [0.1, 0.15) is 5.82 Å². The predicted molar refractivity (Wildman–Crippen MR) is 83.2 cm³/mol. The molecule has 120 valence electrons. The third-order valence-corrected chi connectivity index (χ3v) is 5.09. The molecule has 1 rings (SSSR count). The van der Waals surface area contributed by atoms with E-state index in [9.17, 15) is 12.8 Å². The number of nitrogens with one attached hydrogen (secondary N) is 2. The van der Waals surface area contributed by atoms with Gasteiger partial charge in [0, 0.05) is 18.2 Å². The highest BCUT2D eigenvalue weighted by atomic mass is 32.2. The van der Waals surface area contributed by atoms with Gasteiger partial charge in [0.25, 0.3) is 0 Å². The minimum absolute atomic E-state index is 0.0242. The lowest BCUT2D eigenvalue weighted by Crippen LogP contribution is -2.32. The Bertz CT molecular complexity index is 573. The van der Waals surface area contributed by atoms with Crippen molar-refractivity contribution in [3.8, 4) is 0 Å². The zero-order valence-electron chi connectivity index (χ0n) is 13.2. The molecule has 0 fully saturated rings. The molecule has 1 atom stereocenters. The van der Waals surface area contributed by atoms with Crippen LogP contribution >= 0.6 is 0 Å². The molecular weight excluding hydrogens is 291 g/mol. The van der Waals surface area contributed by atoms with Crippen LogP contribution in [0, 0.1) is 12.7 Å². The highest BCUT2D eigenvalue weighted by Gasteiger charge is 2.21. The fraction of sp³-hybridized carbons (Fsp3) is 0.600. The summed E-state index contributed by atoms with van der Waals surface area (Å²) in [6.07, 6.45) is 1.65. The van der Waals surface area contributed by atoms with Crippen LogP contribution in [0.1, 0.15) is 44.7 Å². The number of halogens is 1. The van der Waals surface area contributed by atoms with Crippen LogP contribution in [0.3, 0.4) is 0 Å². The average molecular weight is 316 g/mol. The molecule has 0 aliphatic heterocycles. The van der Waals surface area contributed by atoms with Crippen LogP contribution < -0.4 is 10.0 Å². The Morgan fingerprint density at radius 3 is 2.52 bits per heavy atom. The van der Waals surface area contributed by atoms with Crippen molar-refractivity contribution in [1.82, 2.24) is 10.0 Å². The lowest BCUT2D eigenvalue weighted by atomic mass is 10.1. The molecule has 0 bridgehead atoms. The van der Waals surface area contributed by atoms with Gasteiger partial charge in [-0.2, -0.15) is 0 Å². The van der Waals surface area contributed by atoms with Gasteiger partial charge in [0.05, 0.1) is 4.90 Å². The van der Waals surface area contributed by atoms with Gasteiger partial charge < -0.3 is 5.32 Å². The molecule has 0 aliphatic rings. The zero-order valence-corrected chi connectivity index (χ0v) is 14.0. The molecule has 0 radical (unpaired) electrons. The van der Waals surface area contributed by atoms with Crippen LogP contribution in [-0.2, 0) is 16.6 Å². The highest BCUT2D eigenvalue weighted by molar-refractivity contribution is 7.89. The van der Waals surface area contributed by atoms with Crippen LogP contribution in [0.5, 0.6) is 0 Å². The topological polar surface area (TPSA) is 58.2 Å². The summed E-state index contributed by atoms with van der Waals surface area (Å²) >= 11 is 0. The predicted octanol–water partition coefficient (Wildman–Crippen LogP) is 2.71. The van der Waals surface area contributed by atoms with E-state index in [-0.39, 0.29) is 16.5 Å². The molecule has 0 saturated carbocycles. The highest BCUT2D eigenvalue weighted by Crippen LogP contribution is 2.21. The van der Waals surface area contributed by atoms with Crippen molar-refractivity contribution in [2.75, 3.05) is 6.54 Å². The van der Waals surface area contributed by atoms with Crippen molar-refractivity contribution in [1.29, 1.82) is 0 Å². The minimum Gasteiger partial charge on any atom is -0.313 e. The molecule has 0 aliphatic carbocycles. The van der Waals surface area contributed by atoms with Crippen molar-refractivity contribution >= 4 is 10.0 Å². The Hall–Kier alpha value is -0.980. The quantitative estimate of drug-likeness (QED) is 0.725. The minimum atomic E-state index is -3.70. The SMILES string of the molecule is CCCNCc1cc(F)c(C)c(S(=O)(=O)NC(C)CC)c1. The Morgan fingerprint density at radius 2 is 1.95 bits per heavy atom. The van der Waals surface area contributed by atoms with Crippen LogP contribution in [0.25, 0.3) is 0 Å². The fourth-order valence-electron chi connectivity index (χ4n) is 1.91. The lowest BCUT2D eigenvalue weighted by Gasteiger charge is -2.15. The van der Waals surface area contributed by atoms with E-state index in [1.807, 2.05) is 13.8 Å². The Kier molecular flexibility index (Phi) is 6.77. The second kappa shape index (κ2) is 7.87. The van der Waals surface area contributed by atoms with Crippen LogP contribution in [0.15, 0.2) is 17.0 Å². The molecule has 1 unspecified atom stereocenters. The largest absolute Gasteiger partial charge is 0.313 e. The summed E-state index contributed by atoms with van der Waals surface area (Å²) in [5.74, 6) is -0.490. The summed E-state index contributed by atoms with van der Waals surface area (Å²) in [6.45, 7) is 8.47. The van der Waals surface area contributed by atoms with Gasteiger partial charge >= 0.3 is 0 Å².